The van der Waals surface area contributed by atoms with Crippen molar-refractivity contribution < 1.29 is 23.8 Å². The van der Waals surface area contributed by atoms with Crippen molar-refractivity contribution in [2.75, 3.05) is 13.2 Å². The molecule has 0 bridgehead atoms. The molecule has 0 aliphatic carbocycles. The molecule has 0 amide bonds. The third-order valence-electron chi connectivity index (χ3n) is 7.52. The molecular formula is C37H32N4O6S. The zero-order valence-corrected chi connectivity index (χ0v) is 27.4. The Hall–Kier alpha value is -5.81. The van der Waals surface area contributed by atoms with E-state index in [1.807, 2.05) is 67.7 Å². The minimum Gasteiger partial charge on any atom is -0.494 e. The van der Waals surface area contributed by atoms with Crippen molar-refractivity contribution in [2.45, 2.75) is 26.8 Å². The fourth-order valence-corrected chi connectivity index (χ4v) is 6.48. The average Bonchev–Trinajstić information content (AvgIpc) is 3.64. The number of carbonyl (C=O) groups is 2. The molecule has 10 nitrogen and oxygen atoms in total. The van der Waals surface area contributed by atoms with Crippen LogP contribution in [0.1, 0.15) is 37.9 Å². The number of hydrogen-bond donors (Lipinski definition) is 0. The van der Waals surface area contributed by atoms with Crippen LogP contribution in [0.5, 0.6) is 11.5 Å². The number of hydrogen-bond acceptors (Lipinski definition) is 9. The van der Waals surface area contributed by atoms with E-state index in [-0.39, 0.29) is 17.7 Å². The molecule has 11 heteroatoms. The number of fused-ring (bicyclic) bond motifs is 1. The van der Waals surface area contributed by atoms with Gasteiger partial charge in [-0.2, -0.15) is 5.10 Å². The molecule has 0 radical (unpaired) electrons. The van der Waals surface area contributed by atoms with Gasteiger partial charge >= 0.3 is 11.9 Å². The first-order chi connectivity index (χ1) is 23.3. The smallest absolute Gasteiger partial charge is 0.338 e. The van der Waals surface area contributed by atoms with E-state index in [9.17, 15) is 14.4 Å². The second-order valence-electron chi connectivity index (χ2n) is 10.8. The van der Waals surface area contributed by atoms with Gasteiger partial charge in [0.1, 0.15) is 23.8 Å². The Morgan fingerprint density at radius 3 is 2.38 bits per heavy atom. The van der Waals surface area contributed by atoms with Gasteiger partial charge in [-0.25, -0.2) is 14.5 Å². The number of rotatable bonds is 10. The van der Waals surface area contributed by atoms with Crippen molar-refractivity contribution in [2.24, 2.45) is 4.99 Å². The first kappa shape index (κ1) is 32.1. The summed E-state index contributed by atoms with van der Waals surface area (Å²) in [5.74, 6) is 0.0199. The third kappa shape index (κ3) is 6.53. The lowest BCUT2D eigenvalue weighted by molar-refractivity contribution is -0.138. The summed E-state index contributed by atoms with van der Waals surface area (Å²) in [6, 6.07) is 23.2. The van der Waals surface area contributed by atoms with E-state index in [1.165, 1.54) is 28.9 Å². The Kier molecular flexibility index (Phi) is 9.31. The first-order valence-corrected chi connectivity index (χ1v) is 16.1. The zero-order chi connectivity index (χ0) is 33.8. The van der Waals surface area contributed by atoms with Crippen molar-refractivity contribution in [1.29, 1.82) is 0 Å². The number of allylic oxidation sites excluding steroid dienone is 1. The molecule has 48 heavy (non-hydrogen) atoms. The van der Waals surface area contributed by atoms with Crippen molar-refractivity contribution >= 4 is 29.4 Å². The van der Waals surface area contributed by atoms with Crippen LogP contribution in [0.2, 0.25) is 0 Å². The number of ether oxygens (including phenoxy) is 3. The predicted octanol–water partition coefficient (Wildman–Crippen LogP) is 5.14. The van der Waals surface area contributed by atoms with Crippen molar-refractivity contribution in [3.05, 3.63) is 140 Å². The van der Waals surface area contributed by atoms with Crippen LogP contribution in [0, 0.1) is 0 Å². The van der Waals surface area contributed by atoms with Gasteiger partial charge in [-0.05, 0) is 74.0 Å². The van der Waals surface area contributed by atoms with Gasteiger partial charge < -0.3 is 14.2 Å². The molecule has 1 aliphatic rings. The molecule has 0 fully saturated rings. The second-order valence-corrected chi connectivity index (χ2v) is 11.8. The molecule has 6 rings (SSSR count). The molecule has 0 saturated carbocycles. The zero-order valence-electron chi connectivity index (χ0n) is 26.6. The van der Waals surface area contributed by atoms with Crippen molar-refractivity contribution in [3.63, 3.8) is 0 Å². The van der Waals surface area contributed by atoms with Crippen molar-refractivity contribution in [1.82, 2.24) is 14.3 Å². The summed E-state index contributed by atoms with van der Waals surface area (Å²) in [4.78, 5) is 44.3. The van der Waals surface area contributed by atoms with Crippen LogP contribution in [-0.2, 0) is 14.3 Å². The Morgan fingerprint density at radius 2 is 1.71 bits per heavy atom. The normalized spacial score (nSPS) is 14.2. The largest absolute Gasteiger partial charge is 0.494 e. The maximum Gasteiger partial charge on any atom is 0.338 e. The molecule has 3 heterocycles. The van der Waals surface area contributed by atoms with Gasteiger partial charge in [-0.3, -0.25) is 14.2 Å². The number of esters is 2. The Bertz CT molecular complexity index is 2210. The first-order valence-electron chi connectivity index (χ1n) is 15.2. The lowest BCUT2D eigenvalue weighted by Crippen LogP contribution is -2.39. The minimum absolute atomic E-state index is 0.00211. The van der Waals surface area contributed by atoms with Crippen LogP contribution in [0.4, 0.5) is 0 Å². The van der Waals surface area contributed by atoms with Crippen LogP contribution < -0.4 is 24.4 Å². The third-order valence-corrected chi connectivity index (χ3v) is 8.50. The predicted molar refractivity (Wildman–Crippen MR) is 183 cm³/mol. The maximum absolute atomic E-state index is 14.3. The highest BCUT2D eigenvalue weighted by molar-refractivity contribution is 7.07. The average molecular weight is 661 g/mol. The summed E-state index contributed by atoms with van der Waals surface area (Å²) in [6.45, 7) is 9.15. The monoisotopic (exact) mass is 660 g/mol. The maximum atomic E-state index is 14.3. The number of nitrogens with zero attached hydrogens (tertiary/aromatic N) is 4. The minimum atomic E-state index is -0.843. The van der Waals surface area contributed by atoms with Crippen molar-refractivity contribution in [3.8, 4) is 28.4 Å². The van der Waals surface area contributed by atoms with E-state index in [2.05, 4.69) is 11.6 Å². The summed E-state index contributed by atoms with van der Waals surface area (Å²) in [5.41, 5.74) is 4.04. The SMILES string of the molecule is C=CCOC(=O)C1=C(C)N=c2s/c(=C\c3cn(-c4ccccc4)nc3-c3ccc(OCC)cc3)c(=O)n2[C@@H]1c1ccc(OC(C)=O)cc1. The summed E-state index contributed by atoms with van der Waals surface area (Å²) in [7, 11) is 0. The van der Waals surface area contributed by atoms with E-state index < -0.39 is 18.0 Å². The standard InChI is InChI=1S/C37H32N4O6S/c1-5-20-46-36(44)32-23(3)38-37-41(34(32)26-14-18-30(19-15-26)47-24(4)42)35(43)31(48-37)21-27-22-40(28-10-8-7-9-11-28)39-33(27)25-12-16-29(17-13-25)45-6-2/h5,7-19,21-22,34H,1,6,20H2,2-4H3/b31-21-/t34-/m1/s1. The van der Waals surface area contributed by atoms with Gasteiger partial charge in [0.2, 0.25) is 0 Å². The number of aromatic nitrogens is 3. The van der Waals surface area contributed by atoms with Crippen LogP contribution in [-0.4, -0.2) is 39.5 Å². The Labute approximate surface area is 280 Å². The molecule has 242 valence electrons. The van der Waals surface area contributed by atoms with Gasteiger partial charge in [0.05, 0.1) is 34.1 Å². The second kappa shape index (κ2) is 13.9. The highest BCUT2D eigenvalue weighted by atomic mass is 32.1. The summed E-state index contributed by atoms with van der Waals surface area (Å²) >= 11 is 1.22. The number of carbonyl (C=O) groups excluding carboxylic acids is 2. The quantitative estimate of drug-likeness (QED) is 0.116. The molecule has 3 aromatic carbocycles. The van der Waals surface area contributed by atoms with Gasteiger partial charge in [0.15, 0.2) is 4.80 Å². The lowest BCUT2D eigenvalue weighted by atomic mass is 9.96. The number of benzene rings is 3. The van der Waals surface area contributed by atoms with E-state index in [0.29, 0.717) is 38.6 Å². The molecule has 0 N–H and O–H groups in total. The molecule has 0 spiro atoms. The molecule has 0 saturated heterocycles. The highest BCUT2D eigenvalue weighted by Gasteiger charge is 2.33. The molecule has 0 unspecified atom stereocenters. The Balaban J connectivity index is 1.51. The summed E-state index contributed by atoms with van der Waals surface area (Å²) in [6.07, 6.45) is 5.16. The van der Waals surface area contributed by atoms with E-state index >= 15 is 0 Å². The molecule has 1 atom stereocenters. The Morgan fingerprint density at radius 1 is 1.00 bits per heavy atom. The number of para-hydroxylation sites is 1. The van der Waals surface area contributed by atoms with Crippen LogP contribution >= 0.6 is 11.3 Å². The highest BCUT2D eigenvalue weighted by Crippen LogP contribution is 2.32. The van der Waals surface area contributed by atoms with E-state index in [1.54, 1.807) is 41.9 Å². The topological polar surface area (TPSA) is 114 Å². The van der Waals surface area contributed by atoms with Gasteiger partial charge in [0.25, 0.3) is 5.56 Å². The molecular weight excluding hydrogens is 628 g/mol. The summed E-state index contributed by atoms with van der Waals surface area (Å²) in [5, 5.41) is 4.90. The lowest BCUT2D eigenvalue weighted by Gasteiger charge is -2.24. The summed E-state index contributed by atoms with van der Waals surface area (Å²) < 4.78 is 20.0. The fourth-order valence-electron chi connectivity index (χ4n) is 5.44. The van der Waals surface area contributed by atoms with Gasteiger partial charge in [0, 0.05) is 24.2 Å². The molecule has 2 aromatic heterocycles. The van der Waals surface area contributed by atoms with Crippen LogP contribution in [0.25, 0.3) is 23.0 Å². The number of thiazole rings is 1. The van der Waals surface area contributed by atoms with Gasteiger partial charge in [-0.1, -0.05) is 54.3 Å². The van der Waals surface area contributed by atoms with Gasteiger partial charge in [-0.15, -0.1) is 0 Å². The molecule has 1 aliphatic heterocycles. The molecule has 5 aromatic rings. The van der Waals surface area contributed by atoms with Crippen LogP contribution in [0.15, 0.2) is 119 Å². The van der Waals surface area contributed by atoms with Crippen LogP contribution in [0.3, 0.4) is 0 Å². The fraction of sp³-hybridized carbons (Fsp3) is 0.162. The van der Waals surface area contributed by atoms with E-state index in [0.717, 1.165) is 22.6 Å². The van der Waals surface area contributed by atoms with E-state index in [4.69, 9.17) is 19.3 Å².